The number of nitrogen functional groups attached to an aromatic ring is 1. The number of hydrogen-bond acceptors (Lipinski definition) is 11. The van der Waals surface area contributed by atoms with Crippen LogP contribution in [0.25, 0.3) is 22.3 Å². The maximum absolute atomic E-state index is 13.2. The van der Waals surface area contributed by atoms with Gasteiger partial charge in [-0.25, -0.2) is 14.6 Å². The van der Waals surface area contributed by atoms with Gasteiger partial charge in [-0.1, -0.05) is 30.3 Å². The Morgan fingerprint density at radius 3 is 2.26 bits per heavy atom. The Morgan fingerprint density at radius 2 is 1.51 bits per heavy atom. The molecule has 5 aliphatic rings. The molecule has 3 aromatic carbocycles. The molecule has 0 aliphatic carbocycles. The molecule has 316 valence electrons. The lowest BCUT2D eigenvalue weighted by Gasteiger charge is -2.42. The molecule has 0 saturated carbocycles. The molecule has 14 heteroatoms. The van der Waals surface area contributed by atoms with Crippen LogP contribution in [0.3, 0.4) is 0 Å². The zero-order valence-electron chi connectivity index (χ0n) is 34.6. The Hall–Kier alpha value is -5.70. The smallest absolute Gasteiger partial charge is 0.255 e. The number of aromatic nitrogens is 4. The van der Waals surface area contributed by atoms with Gasteiger partial charge in [-0.05, 0) is 137 Å². The van der Waals surface area contributed by atoms with Crippen LogP contribution in [-0.2, 0) is 16.1 Å². The molecule has 1 unspecified atom stereocenters. The van der Waals surface area contributed by atoms with Crippen molar-refractivity contribution in [2.75, 3.05) is 58.1 Å². The number of ether oxygens (including phenoxy) is 1. The van der Waals surface area contributed by atoms with E-state index in [1.165, 1.54) is 18.4 Å². The second-order valence-electron chi connectivity index (χ2n) is 17.5. The minimum atomic E-state index is -0.579. The molecule has 3 amide bonds. The Bertz CT molecular complexity index is 2410. The Morgan fingerprint density at radius 1 is 0.770 bits per heavy atom. The summed E-state index contributed by atoms with van der Waals surface area (Å²) >= 11 is 0. The molecule has 4 saturated heterocycles. The van der Waals surface area contributed by atoms with Gasteiger partial charge in [-0.2, -0.15) is 5.10 Å². The number of nitrogens with two attached hydrogens (primary N) is 1. The Labute approximate surface area is 356 Å². The summed E-state index contributed by atoms with van der Waals surface area (Å²) in [6, 6.07) is 24.2. The largest absolute Gasteiger partial charge is 0.457 e. The second kappa shape index (κ2) is 17.0. The number of nitrogens with zero attached hydrogens (tertiary/aromatic N) is 8. The lowest BCUT2D eigenvalue weighted by molar-refractivity contribution is -0.136. The molecule has 2 aromatic heterocycles. The van der Waals surface area contributed by atoms with E-state index in [1.54, 1.807) is 11.2 Å². The van der Waals surface area contributed by atoms with Crippen LogP contribution >= 0.6 is 0 Å². The fraction of sp³-hybridized carbons (Fsp3) is 0.447. The molecule has 14 nitrogen and oxygen atoms in total. The molecular weight excluding hydrogens is 769 g/mol. The molecule has 0 radical (unpaired) electrons. The molecular formula is C47H54N10O4. The minimum Gasteiger partial charge on any atom is -0.457 e. The maximum atomic E-state index is 13.2. The van der Waals surface area contributed by atoms with Gasteiger partial charge in [-0.3, -0.25) is 24.6 Å². The summed E-state index contributed by atoms with van der Waals surface area (Å²) in [4.78, 5) is 56.0. The zero-order valence-corrected chi connectivity index (χ0v) is 34.6. The number of carbonyl (C=O) groups excluding carboxylic acids is 3. The number of carbonyl (C=O) groups is 3. The van der Waals surface area contributed by atoms with Crippen molar-refractivity contribution in [1.82, 2.24) is 44.7 Å². The van der Waals surface area contributed by atoms with E-state index in [2.05, 4.69) is 41.8 Å². The topological polar surface area (TPSA) is 155 Å². The Balaban J connectivity index is 0.705. The van der Waals surface area contributed by atoms with Crippen LogP contribution in [0, 0.1) is 0 Å². The molecule has 10 rings (SSSR count). The number of benzene rings is 3. The number of para-hydroxylation sites is 1. The van der Waals surface area contributed by atoms with Crippen molar-refractivity contribution in [3.63, 3.8) is 0 Å². The molecule has 0 bridgehead atoms. The molecule has 5 aliphatic heterocycles. The van der Waals surface area contributed by atoms with Gasteiger partial charge in [0.15, 0.2) is 5.65 Å². The summed E-state index contributed by atoms with van der Waals surface area (Å²) in [6.07, 6.45) is 8.92. The van der Waals surface area contributed by atoms with Crippen LogP contribution in [0.2, 0.25) is 0 Å². The van der Waals surface area contributed by atoms with Crippen molar-refractivity contribution >= 4 is 34.6 Å². The predicted octanol–water partition coefficient (Wildman–Crippen LogP) is 5.61. The number of nitrogens with one attached hydrogen (secondary N) is 1. The lowest BCUT2D eigenvalue weighted by Crippen LogP contribution is -2.52. The third-order valence-corrected chi connectivity index (χ3v) is 13.8. The first-order valence-corrected chi connectivity index (χ1v) is 22.1. The molecule has 3 N–H and O–H groups in total. The summed E-state index contributed by atoms with van der Waals surface area (Å²) < 4.78 is 8.16. The highest BCUT2D eigenvalue weighted by atomic mass is 16.5. The van der Waals surface area contributed by atoms with Gasteiger partial charge in [0, 0.05) is 49.8 Å². The number of rotatable bonds is 10. The van der Waals surface area contributed by atoms with Crippen molar-refractivity contribution in [1.29, 1.82) is 0 Å². The molecule has 61 heavy (non-hydrogen) atoms. The number of hydrogen-bond donors (Lipinski definition) is 2. The molecule has 7 heterocycles. The number of piperidine rings is 4. The standard InChI is InChI=1S/C47H54N10O4/c48-44-42-43(32-8-11-38(12-9-32)61-37-6-2-1-3-7-37)52-57(45(42)50-30-49-44)36-5-4-20-55(29-36)35-18-23-54(24-19-35)26-25-53-21-16-31(17-22-53)33-10-13-39-34(27-33)28-56(47(39)60)40-14-15-41(58)51-46(40)59/h1-3,6-13,27,30-31,35-36,40H,4-5,14-26,28-29H2,(H2,48,49,50)(H,51,58,59)/t36-,40?/m1/s1. The highest BCUT2D eigenvalue weighted by Gasteiger charge is 2.39. The van der Waals surface area contributed by atoms with Gasteiger partial charge in [0.2, 0.25) is 11.8 Å². The summed E-state index contributed by atoms with van der Waals surface area (Å²) in [5.41, 5.74) is 12.0. The highest BCUT2D eigenvalue weighted by Crippen LogP contribution is 2.37. The van der Waals surface area contributed by atoms with Gasteiger partial charge in [0.05, 0.1) is 11.4 Å². The summed E-state index contributed by atoms with van der Waals surface area (Å²) in [7, 11) is 0. The first kappa shape index (κ1) is 39.4. The average Bonchev–Trinajstić information content (AvgIpc) is 3.85. The molecule has 4 fully saturated rings. The monoisotopic (exact) mass is 822 g/mol. The van der Waals surface area contributed by atoms with Gasteiger partial charge in [-0.15, -0.1) is 0 Å². The fourth-order valence-corrected chi connectivity index (χ4v) is 10.4. The van der Waals surface area contributed by atoms with E-state index in [1.807, 2.05) is 60.7 Å². The van der Waals surface area contributed by atoms with E-state index in [0.29, 0.717) is 36.3 Å². The van der Waals surface area contributed by atoms with Gasteiger partial charge < -0.3 is 25.2 Å². The third-order valence-electron chi connectivity index (χ3n) is 13.8. The first-order valence-electron chi connectivity index (χ1n) is 22.1. The van der Waals surface area contributed by atoms with E-state index in [9.17, 15) is 14.4 Å². The second-order valence-corrected chi connectivity index (χ2v) is 17.5. The van der Waals surface area contributed by atoms with Gasteiger partial charge in [0.25, 0.3) is 5.91 Å². The molecule has 2 atom stereocenters. The van der Waals surface area contributed by atoms with Crippen molar-refractivity contribution in [3.8, 4) is 22.8 Å². The zero-order chi connectivity index (χ0) is 41.5. The highest BCUT2D eigenvalue weighted by molar-refractivity contribution is 6.05. The van der Waals surface area contributed by atoms with Gasteiger partial charge >= 0.3 is 0 Å². The number of anilines is 1. The number of amides is 3. The predicted molar refractivity (Wildman–Crippen MR) is 232 cm³/mol. The van der Waals surface area contributed by atoms with Crippen molar-refractivity contribution in [2.24, 2.45) is 0 Å². The van der Waals surface area contributed by atoms with Crippen molar-refractivity contribution in [2.45, 2.75) is 82.0 Å². The van der Waals surface area contributed by atoms with Crippen molar-refractivity contribution in [3.05, 3.63) is 95.8 Å². The number of imide groups is 1. The average molecular weight is 823 g/mol. The Kier molecular flexibility index (Phi) is 11.0. The minimum absolute atomic E-state index is 0.109. The van der Waals surface area contributed by atoms with Crippen LogP contribution in [0.5, 0.6) is 11.5 Å². The number of likely N-dealkylation sites (tertiary alicyclic amines) is 3. The van der Waals surface area contributed by atoms with Crippen LogP contribution in [0.4, 0.5) is 5.82 Å². The van der Waals surface area contributed by atoms with Gasteiger partial charge in [0.1, 0.15) is 35.4 Å². The summed E-state index contributed by atoms with van der Waals surface area (Å²) in [6.45, 7) is 9.06. The fourth-order valence-electron chi connectivity index (χ4n) is 10.4. The van der Waals surface area contributed by atoms with E-state index in [-0.39, 0.29) is 30.2 Å². The summed E-state index contributed by atoms with van der Waals surface area (Å²) in [5.74, 6) is 1.72. The molecule has 5 aromatic rings. The van der Waals surface area contributed by atoms with E-state index in [0.717, 1.165) is 117 Å². The quantitative estimate of drug-likeness (QED) is 0.169. The van der Waals surface area contributed by atoms with Crippen molar-refractivity contribution < 1.29 is 19.1 Å². The van der Waals surface area contributed by atoms with Crippen LogP contribution in [-0.4, -0.2) is 122 Å². The normalized spacial score (nSPS) is 22.5. The first-order chi connectivity index (χ1) is 29.8. The molecule has 0 spiro atoms. The SMILES string of the molecule is Nc1ncnc2c1c(-c1ccc(Oc3ccccc3)cc1)nn2[C@@H]1CCCN(C2CCN(CCN3CCC(c4ccc5c(c4)CN(C4CCC(=O)NC4=O)C5=O)CC3)CC2)C1. The van der Waals surface area contributed by atoms with E-state index < -0.39 is 6.04 Å². The lowest BCUT2D eigenvalue weighted by atomic mass is 9.88. The number of fused-ring (bicyclic) bond motifs is 2. The summed E-state index contributed by atoms with van der Waals surface area (Å²) in [5, 5.41) is 8.40. The van der Waals surface area contributed by atoms with Crippen LogP contribution < -0.4 is 15.8 Å². The van der Waals surface area contributed by atoms with Crippen LogP contribution in [0.15, 0.2) is 79.1 Å². The maximum Gasteiger partial charge on any atom is 0.255 e. The van der Waals surface area contributed by atoms with Crippen LogP contribution in [0.1, 0.15) is 84.8 Å². The van der Waals surface area contributed by atoms with E-state index in [4.69, 9.17) is 20.6 Å². The third kappa shape index (κ3) is 8.11. The van der Waals surface area contributed by atoms with E-state index >= 15 is 0 Å².